The summed E-state index contributed by atoms with van der Waals surface area (Å²) in [6, 6.07) is 74.6. The minimum atomic E-state index is -2.83. The van der Waals surface area contributed by atoms with Crippen molar-refractivity contribution < 1.29 is 0 Å². The van der Waals surface area contributed by atoms with Crippen molar-refractivity contribution in [2.45, 2.75) is 0 Å². The number of rotatable bonds is 6. The second-order valence-electron chi connectivity index (χ2n) is 13.3. The Labute approximate surface area is 302 Å². The molecule has 10 rings (SSSR count). The van der Waals surface area contributed by atoms with E-state index in [1.54, 1.807) is 0 Å². The van der Waals surface area contributed by atoms with Crippen LogP contribution in [0, 0.1) is 0 Å². The molecule has 0 bridgehead atoms. The zero-order chi connectivity index (χ0) is 33.8. The summed E-state index contributed by atoms with van der Waals surface area (Å²) in [4.78, 5) is 0. The predicted octanol–water partition coefficient (Wildman–Crippen LogP) is 10.2. The maximum absolute atomic E-state index is 2.83. The van der Waals surface area contributed by atoms with Gasteiger partial charge in [-0.3, -0.25) is 0 Å². The Balaban J connectivity index is 1.26. The molecule has 2 aromatic heterocycles. The number of thiophene rings is 1. The van der Waals surface area contributed by atoms with Gasteiger partial charge in [0.25, 0.3) is 0 Å². The molecule has 0 aliphatic carbocycles. The van der Waals surface area contributed by atoms with Gasteiger partial charge >= 0.3 is 0 Å². The van der Waals surface area contributed by atoms with Crippen molar-refractivity contribution in [3.8, 4) is 16.8 Å². The van der Waals surface area contributed by atoms with Gasteiger partial charge in [0, 0.05) is 36.6 Å². The molecule has 51 heavy (non-hydrogen) atoms. The maximum Gasteiger partial charge on any atom is 0.179 e. The van der Waals surface area contributed by atoms with E-state index in [0.29, 0.717) is 0 Å². The Morgan fingerprint density at radius 3 is 1.67 bits per heavy atom. The normalized spacial score (nSPS) is 11.9. The van der Waals surface area contributed by atoms with Crippen molar-refractivity contribution in [2.75, 3.05) is 0 Å². The Morgan fingerprint density at radius 1 is 0.333 bits per heavy atom. The third kappa shape index (κ3) is 4.74. The van der Waals surface area contributed by atoms with Crippen LogP contribution in [0.2, 0.25) is 0 Å². The third-order valence-corrected chi connectivity index (χ3v) is 16.4. The van der Waals surface area contributed by atoms with Crippen LogP contribution in [0.4, 0.5) is 0 Å². The Kier molecular flexibility index (Phi) is 7.09. The number of benzene rings is 8. The second kappa shape index (κ2) is 12.1. The fourth-order valence-electron chi connectivity index (χ4n) is 8.28. The number of para-hydroxylation sites is 2. The van der Waals surface area contributed by atoms with Crippen LogP contribution < -0.4 is 20.7 Å². The molecule has 0 aliphatic heterocycles. The molecule has 1 nitrogen and oxygen atoms in total. The lowest BCUT2D eigenvalue weighted by Crippen LogP contribution is -2.74. The molecule has 0 unspecified atom stereocenters. The number of hydrogen-bond donors (Lipinski definition) is 0. The molecule has 0 radical (unpaired) electrons. The summed E-state index contributed by atoms with van der Waals surface area (Å²) in [5, 5.41) is 10.7. The minimum absolute atomic E-state index is 1.18. The highest BCUT2D eigenvalue weighted by Crippen LogP contribution is 2.36. The van der Waals surface area contributed by atoms with E-state index >= 15 is 0 Å². The van der Waals surface area contributed by atoms with E-state index in [2.05, 4.69) is 205 Å². The van der Waals surface area contributed by atoms with Crippen LogP contribution in [0.5, 0.6) is 0 Å². The Bertz CT molecular complexity index is 2810. The highest BCUT2D eigenvalue weighted by atomic mass is 32.1. The molecule has 10 aromatic rings. The molecule has 0 saturated carbocycles. The lowest BCUT2D eigenvalue weighted by Gasteiger charge is -2.35. The molecule has 0 saturated heterocycles. The topological polar surface area (TPSA) is 4.93 Å². The van der Waals surface area contributed by atoms with E-state index in [4.69, 9.17) is 0 Å². The van der Waals surface area contributed by atoms with Gasteiger partial charge in [-0.25, -0.2) is 0 Å². The average Bonchev–Trinajstić information content (AvgIpc) is 3.75. The summed E-state index contributed by atoms with van der Waals surface area (Å²) in [5.41, 5.74) is 6.11. The van der Waals surface area contributed by atoms with Crippen LogP contribution in [0.15, 0.2) is 200 Å². The molecule has 0 fully saturated rings. The Morgan fingerprint density at radius 2 is 0.902 bits per heavy atom. The molecule has 2 heterocycles. The molecule has 0 N–H and O–H groups in total. The van der Waals surface area contributed by atoms with Crippen molar-refractivity contribution >= 4 is 82.1 Å². The highest BCUT2D eigenvalue weighted by Gasteiger charge is 2.42. The first-order valence-corrected chi connectivity index (χ1v) is 20.3. The van der Waals surface area contributed by atoms with E-state index in [1.807, 2.05) is 11.3 Å². The summed E-state index contributed by atoms with van der Waals surface area (Å²) in [5.74, 6) is 0. The summed E-state index contributed by atoms with van der Waals surface area (Å²) in [6.07, 6.45) is 0. The molecular weight excluding hydrogens is 651 g/mol. The van der Waals surface area contributed by atoms with Gasteiger partial charge in [0.05, 0.1) is 11.0 Å². The zero-order valence-electron chi connectivity index (χ0n) is 27.9. The molecule has 240 valence electrons. The van der Waals surface area contributed by atoms with Crippen LogP contribution in [-0.2, 0) is 0 Å². The first-order chi connectivity index (χ1) is 25.3. The number of nitrogens with zero attached hydrogens (tertiary/aromatic N) is 1. The predicted molar refractivity (Wildman–Crippen MR) is 223 cm³/mol. The zero-order valence-corrected chi connectivity index (χ0v) is 29.7. The molecule has 3 heteroatoms. The van der Waals surface area contributed by atoms with Crippen molar-refractivity contribution in [1.82, 2.24) is 4.57 Å². The van der Waals surface area contributed by atoms with Gasteiger partial charge in [-0.15, -0.1) is 11.3 Å². The van der Waals surface area contributed by atoms with E-state index in [0.717, 1.165) is 0 Å². The molecule has 8 aromatic carbocycles. The summed E-state index contributed by atoms with van der Waals surface area (Å²) in [7, 11) is -2.83. The van der Waals surface area contributed by atoms with E-state index in [1.165, 1.54) is 79.5 Å². The van der Waals surface area contributed by atoms with Crippen molar-refractivity contribution in [2.24, 2.45) is 0 Å². The van der Waals surface area contributed by atoms with Gasteiger partial charge in [-0.05, 0) is 74.3 Å². The van der Waals surface area contributed by atoms with Crippen molar-refractivity contribution in [3.05, 3.63) is 200 Å². The lowest BCUT2D eigenvalue weighted by atomic mass is 10.0. The van der Waals surface area contributed by atoms with Crippen LogP contribution in [0.1, 0.15) is 0 Å². The standard InChI is InChI=1S/C48H33NSSi/c1-4-16-36(17-5-1)49-45-25-12-10-23-41(45)43-33-40(28-29-46(43)49)51(37-18-6-2-7-19-37,38-20-8-3-9-21-38)39-22-14-15-34(31-39)35-27-30-48-44(32-35)42-24-11-13-26-47(42)50-48/h1-33H. The quantitative estimate of drug-likeness (QED) is 0.121. The van der Waals surface area contributed by atoms with Gasteiger partial charge < -0.3 is 4.57 Å². The van der Waals surface area contributed by atoms with Gasteiger partial charge in [-0.2, -0.15) is 0 Å². The molecule has 0 amide bonds. The smallest absolute Gasteiger partial charge is 0.179 e. The fraction of sp³-hybridized carbons (Fsp3) is 0. The van der Waals surface area contributed by atoms with E-state index in [-0.39, 0.29) is 0 Å². The first-order valence-electron chi connectivity index (χ1n) is 17.5. The van der Waals surface area contributed by atoms with E-state index < -0.39 is 8.07 Å². The summed E-state index contributed by atoms with van der Waals surface area (Å²) < 4.78 is 5.08. The summed E-state index contributed by atoms with van der Waals surface area (Å²) >= 11 is 1.87. The molecule has 0 atom stereocenters. The lowest BCUT2D eigenvalue weighted by molar-refractivity contribution is 1.18. The first kappa shape index (κ1) is 29.9. The number of aromatic nitrogens is 1. The molecule has 0 spiro atoms. The van der Waals surface area contributed by atoms with Gasteiger partial charge in [0.1, 0.15) is 0 Å². The van der Waals surface area contributed by atoms with Crippen LogP contribution >= 0.6 is 11.3 Å². The van der Waals surface area contributed by atoms with Gasteiger partial charge in [0.2, 0.25) is 0 Å². The number of fused-ring (bicyclic) bond motifs is 6. The maximum atomic E-state index is 2.51. The minimum Gasteiger partial charge on any atom is -0.309 e. The molecule has 0 aliphatic rings. The van der Waals surface area contributed by atoms with Gasteiger partial charge in [0.15, 0.2) is 8.07 Å². The summed E-state index contributed by atoms with van der Waals surface area (Å²) in [6.45, 7) is 0. The van der Waals surface area contributed by atoms with E-state index in [9.17, 15) is 0 Å². The largest absolute Gasteiger partial charge is 0.309 e. The van der Waals surface area contributed by atoms with Gasteiger partial charge in [-0.1, -0.05) is 158 Å². The highest BCUT2D eigenvalue weighted by molar-refractivity contribution is 7.25. The molecular formula is C48H33NSSi. The van der Waals surface area contributed by atoms with Crippen molar-refractivity contribution in [1.29, 1.82) is 0 Å². The second-order valence-corrected chi connectivity index (χ2v) is 18.2. The van der Waals surface area contributed by atoms with Crippen LogP contribution in [0.3, 0.4) is 0 Å². The van der Waals surface area contributed by atoms with Crippen molar-refractivity contribution in [3.63, 3.8) is 0 Å². The number of hydrogen-bond acceptors (Lipinski definition) is 1. The van der Waals surface area contributed by atoms with Crippen LogP contribution in [-0.4, -0.2) is 12.6 Å². The van der Waals surface area contributed by atoms with Crippen LogP contribution in [0.25, 0.3) is 58.8 Å². The monoisotopic (exact) mass is 683 g/mol. The fourth-order valence-corrected chi connectivity index (χ4v) is 14.2. The SMILES string of the molecule is c1ccc(-n2c3ccccc3c3cc([Si](c4ccccc4)(c4ccccc4)c4cccc(-c5ccc6sc7ccccc7c6c5)c4)ccc32)cc1. The Hall–Kier alpha value is -6.00. The average molecular weight is 684 g/mol. The third-order valence-electron chi connectivity index (χ3n) is 10.5.